The number of alkyl halides is 1. The smallest absolute Gasteiger partial charge is 0.184 e. The molecular formula is C13H17ClO2. The van der Waals surface area contributed by atoms with Gasteiger partial charge >= 0.3 is 0 Å². The lowest BCUT2D eigenvalue weighted by Crippen LogP contribution is -2.15. The fourth-order valence-corrected chi connectivity index (χ4v) is 1.52. The Morgan fingerprint density at radius 2 is 1.94 bits per heavy atom. The second kappa shape index (κ2) is 5.35. The lowest BCUT2D eigenvalue weighted by molar-refractivity contribution is 0.0986. The van der Waals surface area contributed by atoms with E-state index in [1.54, 1.807) is 6.92 Å². The summed E-state index contributed by atoms with van der Waals surface area (Å²) < 4.78 is 5.59. The molecule has 0 N–H and O–H groups in total. The molecule has 1 aromatic carbocycles. The maximum Gasteiger partial charge on any atom is 0.184 e. The first-order chi connectivity index (χ1) is 7.41. The molecule has 88 valence electrons. The maximum atomic E-state index is 11.9. The third kappa shape index (κ3) is 3.24. The Hall–Kier alpha value is -1.02. The van der Waals surface area contributed by atoms with E-state index in [2.05, 4.69) is 0 Å². The average molecular weight is 241 g/mol. The summed E-state index contributed by atoms with van der Waals surface area (Å²) in [5, 5.41) is -0.531. The van der Waals surface area contributed by atoms with E-state index in [0.29, 0.717) is 11.3 Å². The molecule has 1 unspecified atom stereocenters. The van der Waals surface area contributed by atoms with Crippen LogP contribution in [0.4, 0.5) is 0 Å². The fourth-order valence-electron chi connectivity index (χ4n) is 1.41. The first kappa shape index (κ1) is 13.0. The SMILES string of the molecule is Cc1ccc(OC(C)C)c(C(=O)C(C)Cl)c1. The van der Waals surface area contributed by atoms with Crippen molar-refractivity contribution in [3.05, 3.63) is 29.3 Å². The van der Waals surface area contributed by atoms with Gasteiger partial charge in [-0.3, -0.25) is 4.79 Å². The van der Waals surface area contributed by atoms with Gasteiger partial charge in [-0.05, 0) is 39.8 Å². The molecule has 0 saturated heterocycles. The summed E-state index contributed by atoms with van der Waals surface area (Å²) in [5.74, 6) is 0.513. The molecule has 2 nitrogen and oxygen atoms in total. The molecule has 1 atom stereocenters. The van der Waals surface area contributed by atoms with Crippen LogP contribution in [-0.2, 0) is 0 Å². The van der Waals surface area contributed by atoms with E-state index in [9.17, 15) is 4.79 Å². The van der Waals surface area contributed by atoms with Gasteiger partial charge in [0.2, 0.25) is 0 Å². The van der Waals surface area contributed by atoms with Crippen molar-refractivity contribution in [1.29, 1.82) is 0 Å². The highest BCUT2D eigenvalue weighted by molar-refractivity contribution is 6.33. The van der Waals surface area contributed by atoms with Crippen LogP contribution < -0.4 is 4.74 Å². The second-order valence-corrected chi connectivity index (χ2v) is 4.80. The highest BCUT2D eigenvalue weighted by atomic mass is 35.5. The highest BCUT2D eigenvalue weighted by Crippen LogP contribution is 2.23. The molecule has 0 spiro atoms. The molecule has 0 heterocycles. The number of aryl methyl sites for hydroxylation is 1. The van der Waals surface area contributed by atoms with Crippen molar-refractivity contribution in [3.63, 3.8) is 0 Å². The highest BCUT2D eigenvalue weighted by Gasteiger charge is 2.18. The van der Waals surface area contributed by atoms with Crippen LogP contribution in [0.1, 0.15) is 36.7 Å². The second-order valence-electron chi connectivity index (χ2n) is 4.15. The zero-order valence-electron chi connectivity index (χ0n) is 10.1. The van der Waals surface area contributed by atoms with E-state index in [-0.39, 0.29) is 11.9 Å². The monoisotopic (exact) mass is 240 g/mol. The fraction of sp³-hybridized carbons (Fsp3) is 0.462. The lowest BCUT2D eigenvalue weighted by atomic mass is 10.0. The number of rotatable bonds is 4. The van der Waals surface area contributed by atoms with Crippen molar-refractivity contribution in [2.24, 2.45) is 0 Å². The number of carbonyl (C=O) groups excluding carboxylic acids is 1. The van der Waals surface area contributed by atoms with E-state index in [0.717, 1.165) is 5.56 Å². The summed E-state index contributed by atoms with van der Waals surface area (Å²) in [5.41, 5.74) is 1.59. The van der Waals surface area contributed by atoms with Crippen LogP contribution in [0.5, 0.6) is 5.75 Å². The number of ketones is 1. The Kier molecular flexibility index (Phi) is 4.36. The molecule has 1 rings (SSSR count). The van der Waals surface area contributed by atoms with Crippen LogP contribution in [0.3, 0.4) is 0 Å². The van der Waals surface area contributed by atoms with Gasteiger partial charge in [0.05, 0.1) is 17.0 Å². The van der Waals surface area contributed by atoms with Gasteiger partial charge in [-0.1, -0.05) is 11.6 Å². The van der Waals surface area contributed by atoms with E-state index in [1.807, 2.05) is 39.0 Å². The van der Waals surface area contributed by atoms with Gasteiger partial charge in [0.1, 0.15) is 5.75 Å². The Bertz CT molecular complexity index is 384. The van der Waals surface area contributed by atoms with Crippen LogP contribution in [-0.4, -0.2) is 17.3 Å². The van der Waals surface area contributed by atoms with E-state index < -0.39 is 5.38 Å². The standard InChI is InChI=1S/C13H17ClO2/c1-8(2)16-12-6-5-9(3)7-11(12)13(15)10(4)14/h5-8,10H,1-4H3. The molecule has 0 amide bonds. The predicted molar refractivity (Wildman–Crippen MR) is 66.6 cm³/mol. The Labute approximate surface area is 102 Å². The zero-order valence-corrected chi connectivity index (χ0v) is 10.8. The third-order valence-corrected chi connectivity index (χ3v) is 2.32. The van der Waals surface area contributed by atoms with Crippen LogP contribution >= 0.6 is 11.6 Å². The number of halogens is 1. The Morgan fingerprint density at radius 3 is 2.44 bits per heavy atom. The van der Waals surface area contributed by atoms with Gasteiger partial charge in [-0.25, -0.2) is 0 Å². The minimum Gasteiger partial charge on any atom is -0.490 e. The van der Waals surface area contributed by atoms with Gasteiger partial charge in [-0.2, -0.15) is 0 Å². The molecule has 0 radical (unpaired) electrons. The number of carbonyl (C=O) groups is 1. The largest absolute Gasteiger partial charge is 0.490 e. The van der Waals surface area contributed by atoms with Gasteiger partial charge in [0.15, 0.2) is 5.78 Å². The number of ether oxygens (including phenoxy) is 1. The number of hydrogen-bond donors (Lipinski definition) is 0. The molecule has 0 aromatic heterocycles. The average Bonchev–Trinajstić information content (AvgIpc) is 2.18. The predicted octanol–water partition coefficient (Wildman–Crippen LogP) is 3.59. The minimum absolute atomic E-state index is 0.0416. The van der Waals surface area contributed by atoms with Crippen molar-refractivity contribution >= 4 is 17.4 Å². The summed E-state index contributed by atoms with van der Waals surface area (Å²) in [6.07, 6.45) is 0.0416. The number of hydrogen-bond acceptors (Lipinski definition) is 2. The van der Waals surface area contributed by atoms with Gasteiger partial charge in [0.25, 0.3) is 0 Å². The van der Waals surface area contributed by atoms with Gasteiger partial charge in [-0.15, -0.1) is 11.6 Å². The zero-order chi connectivity index (χ0) is 12.3. The minimum atomic E-state index is -0.531. The Balaban J connectivity index is 3.12. The van der Waals surface area contributed by atoms with Crippen molar-refractivity contribution in [1.82, 2.24) is 0 Å². The number of benzene rings is 1. The van der Waals surface area contributed by atoms with Crippen LogP contribution in [0.15, 0.2) is 18.2 Å². The first-order valence-electron chi connectivity index (χ1n) is 5.37. The summed E-state index contributed by atoms with van der Waals surface area (Å²) in [6, 6.07) is 5.56. The van der Waals surface area contributed by atoms with Crippen molar-refractivity contribution in [2.75, 3.05) is 0 Å². The van der Waals surface area contributed by atoms with Gasteiger partial charge < -0.3 is 4.74 Å². The summed E-state index contributed by atoms with van der Waals surface area (Å²) >= 11 is 5.82. The first-order valence-corrected chi connectivity index (χ1v) is 5.81. The van der Waals surface area contributed by atoms with Crippen LogP contribution in [0.25, 0.3) is 0 Å². The molecule has 0 aliphatic heterocycles. The van der Waals surface area contributed by atoms with E-state index >= 15 is 0 Å². The van der Waals surface area contributed by atoms with Crippen LogP contribution in [0, 0.1) is 6.92 Å². The van der Waals surface area contributed by atoms with Gasteiger partial charge in [0, 0.05) is 0 Å². The lowest BCUT2D eigenvalue weighted by Gasteiger charge is -2.14. The molecule has 0 saturated carbocycles. The van der Waals surface area contributed by atoms with Crippen LogP contribution in [0.2, 0.25) is 0 Å². The van der Waals surface area contributed by atoms with Crippen molar-refractivity contribution in [2.45, 2.75) is 39.2 Å². The number of Topliss-reactive ketones (excluding diaryl/α,β-unsaturated/α-hetero) is 1. The molecular weight excluding hydrogens is 224 g/mol. The van der Waals surface area contributed by atoms with Crippen molar-refractivity contribution in [3.8, 4) is 5.75 Å². The summed E-state index contributed by atoms with van der Waals surface area (Å²) in [6.45, 7) is 7.47. The molecule has 0 fully saturated rings. The molecule has 16 heavy (non-hydrogen) atoms. The Morgan fingerprint density at radius 1 is 1.31 bits per heavy atom. The quantitative estimate of drug-likeness (QED) is 0.594. The third-order valence-electron chi connectivity index (χ3n) is 2.12. The maximum absolute atomic E-state index is 11.9. The summed E-state index contributed by atoms with van der Waals surface area (Å²) in [4.78, 5) is 11.9. The molecule has 0 aliphatic rings. The van der Waals surface area contributed by atoms with Crippen molar-refractivity contribution < 1.29 is 9.53 Å². The molecule has 0 bridgehead atoms. The molecule has 1 aromatic rings. The normalized spacial score (nSPS) is 12.6. The van der Waals surface area contributed by atoms with E-state index in [4.69, 9.17) is 16.3 Å². The molecule has 3 heteroatoms. The molecule has 0 aliphatic carbocycles. The summed E-state index contributed by atoms with van der Waals surface area (Å²) in [7, 11) is 0. The van der Waals surface area contributed by atoms with E-state index in [1.165, 1.54) is 0 Å². The topological polar surface area (TPSA) is 26.3 Å².